The van der Waals surface area contributed by atoms with E-state index in [1.807, 2.05) is 53.4 Å². The molecule has 2 aromatic rings. The van der Waals surface area contributed by atoms with Crippen molar-refractivity contribution >= 4 is 28.9 Å². The van der Waals surface area contributed by atoms with Crippen molar-refractivity contribution in [3.05, 3.63) is 64.7 Å². The fraction of sp³-hybridized carbons (Fsp3) is 0.333. The standard InChI is InChI=1S/C21H22ClN3O/c22-17-8-9-19-18(14-17)21(16-6-2-1-3-7-16)23-15-20(26)25(19)13-12-24-10-4-5-11-24/h1-3,6-9,14H,4-5,10-13,15H2. The van der Waals surface area contributed by atoms with Crippen LogP contribution >= 0.6 is 11.6 Å². The summed E-state index contributed by atoms with van der Waals surface area (Å²) in [6.45, 7) is 4.00. The van der Waals surface area contributed by atoms with Crippen LogP contribution in [0.2, 0.25) is 5.02 Å². The van der Waals surface area contributed by atoms with E-state index in [1.54, 1.807) is 0 Å². The molecule has 1 saturated heterocycles. The Morgan fingerprint density at radius 2 is 1.77 bits per heavy atom. The van der Waals surface area contributed by atoms with Gasteiger partial charge in [0.2, 0.25) is 5.91 Å². The molecular formula is C21H22ClN3O. The fourth-order valence-electron chi connectivity index (χ4n) is 3.72. The molecule has 26 heavy (non-hydrogen) atoms. The maximum Gasteiger partial charge on any atom is 0.248 e. The third-order valence-electron chi connectivity index (χ3n) is 5.06. The quantitative estimate of drug-likeness (QED) is 0.827. The Hall–Kier alpha value is -2.17. The van der Waals surface area contributed by atoms with Gasteiger partial charge in [0.1, 0.15) is 6.54 Å². The van der Waals surface area contributed by atoms with Crippen LogP contribution in [-0.4, -0.2) is 49.2 Å². The first-order valence-electron chi connectivity index (χ1n) is 9.15. The molecule has 134 valence electrons. The molecule has 2 aliphatic heterocycles. The number of benzene rings is 2. The van der Waals surface area contributed by atoms with Gasteiger partial charge in [-0.05, 0) is 44.1 Å². The Morgan fingerprint density at radius 3 is 2.54 bits per heavy atom. The van der Waals surface area contributed by atoms with Crippen molar-refractivity contribution in [1.82, 2.24) is 4.90 Å². The second kappa shape index (κ2) is 7.60. The molecule has 0 N–H and O–H groups in total. The van der Waals surface area contributed by atoms with E-state index in [0.717, 1.165) is 42.2 Å². The van der Waals surface area contributed by atoms with Gasteiger partial charge in [-0.15, -0.1) is 0 Å². The number of fused-ring (bicyclic) bond motifs is 1. The van der Waals surface area contributed by atoms with E-state index in [4.69, 9.17) is 11.6 Å². The van der Waals surface area contributed by atoms with Gasteiger partial charge >= 0.3 is 0 Å². The molecule has 4 rings (SSSR count). The van der Waals surface area contributed by atoms with Gasteiger partial charge in [0.15, 0.2) is 0 Å². The van der Waals surface area contributed by atoms with E-state index >= 15 is 0 Å². The Kier molecular flexibility index (Phi) is 5.05. The normalized spacial score (nSPS) is 17.8. The number of carbonyl (C=O) groups is 1. The van der Waals surface area contributed by atoms with E-state index in [1.165, 1.54) is 12.8 Å². The minimum absolute atomic E-state index is 0.0405. The van der Waals surface area contributed by atoms with Crippen LogP contribution < -0.4 is 4.90 Å². The number of carbonyl (C=O) groups excluding carboxylic acids is 1. The summed E-state index contributed by atoms with van der Waals surface area (Å²) in [5.74, 6) is 0.0405. The number of halogens is 1. The molecule has 1 amide bonds. The van der Waals surface area contributed by atoms with Gasteiger partial charge in [-0.3, -0.25) is 9.79 Å². The third-order valence-corrected chi connectivity index (χ3v) is 5.30. The van der Waals surface area contributed by atoms with E-state index in [2.05, 4.69) is 9.89 Å². The van der Waals surface area contributed by atoms with Crippen molar-refractivity contribution in [3.8, 4) is 0 Å². The maximum atomic E-state index is 12.8. The predicted molar refractivity (Wildman–Crippen MR) is 106 cm³/mol. The molecule has 5 heteroatoms. The highest BCUT2D eigenvalue weighted by Gasteiger charge is 2.26. The lowest BCUT2D eigenvalue weighted by Gasteiger charge is -2.26. The average molecular weight is 368 g/mol. The molecule has 0 bridgehead atoms. The van der Waals surface area contributed by atoms with Crippen molar-refractivity contribution in [3.63, 3.8) is 0 Å². The monoisotopic (exact) mass is 367 g/mol. The zero-order valence-corrected chi connectivity index (χ0v) is 15.5. The topological polar surface area (TPSA) is 35.9 Å². The number of hydrogen-bond acceptors (Lipinski definition) is 3. The minimum Gasteiger partial charge on any atom is -0.309 e. The number of likely N-dealkylation sites (tertiary alicyclic amines) is 1. The maximum absolute atomic E-state index is 12.8. The molecule has 0 atom stereocenters. The number of rotatable bonds is 4. The van der Waals surface area contributed by atoms with E-state index < -0.39 is 0 Å². The SMILES string of the molecule is O=C1CN=C(c2ccccc2)c2cc(Cl)ccc2N1CCN1CCCC1. The van der Waals surface area contributed by atoms with Crippen LogP contribution in [0.3, 0.4) is 0 Å². The largest absolute Gasteiger partial charge is 0.309 e. The lowest BCUT2D eigenvalue weighted by atomic mass is 10.00. The summed E-state index contributed by atoms with van der Waals surface area (Å²) < 4.78 is 0. The molecule has 0 spiro atoms. The van der Waals surface area contributed by atoms with Gasteiger partial charge < -0.3 is 9.80 Å². The van der Waals surface area contributed by atoms with Crippen molar-refractivity contribution < 1.29 is 4.79 Å². The number of aliphatic imine (C=N–C) groups is 1. The van der Waals surface area contributed by atoms with Gasteiger partial charge in [-0.25, -0.2) is 0 Å². The lowest BCUT2D eigenvalue weighted by molar-refractivity contribution is -0.117. The zero-order valence-electron chi connectivity index (χ0n) is 14.7. The summed E-state index contributed by atoms with van der Waals surface area (Å²) in [5, 5.41) is 0.654. The van der Waals surface area contributed by atoms with E-state index in [-0.39, 0.29) is 12.5 Å². The number of anilines is 1. The second-order valence-electron chi connectivity index (χ2n) is 6.79. The van der Waals surface area contributed by atoms with Crippen LogP contribution in [0, 0.1) is 0 Å². The van der Waals surface area contributed by atoms with Crippen molar-refractivity contribution in [2.45, 2.75) is 12.8 Å². The van der Waals surface area contributed by atoms with E-state index in [0.29, 0.717) is 11.6 Å². The first kappa shape index (κ1) is 17.3. The lowest BCUT2D eigenvalue weighted by Crippen LogP contribution is -2.39. The molecule has 0 aliphatic carbocycles. The highest BCUT2D eigenvalue weighted by atomic mass is 35.5. The van der Waals surface area contributed by atoms with Crippen LogP contribution in [0.15, 0.2) is 53.5 Å². The highest BCUT2D eigenvalue weighted by molar-refractivity contribution is 6.32. The average Bonchev–Trinajstić information content (AvgIpc) is 3.13. The number of benzodiazepines with no additional fused rings is 1. The highest BCUT2D eigenvalue weighted by Crippen LogP contribution is 2.29. The number of amides is 1. The Bertz CT molecular complexity index is 828. The predicted octanol–water partition coefficient (Wildman–Crippen LogP) is 3.62. The van der Waals surface area contributed by atoms with Gasteiger partial charge in [-0.1, -0.05) is 41.9 Å². The van der Waals surface area contributed by atoms with Crippen molar-refractivity contribution in [2.24, 2.45) is 4.99 Å². The van der Waals surface area contributed by atoms with Crippen LogP contribution in [0.1, 0.15) is 24.0 Å². The summed E-state index contributed by atoms with van der Waals surface area (Å²) in [6.07, 6.45) is 2.50. The van der Waals surface area contributed by atoms with Gasteiger partial charge in [0, 0.05) is 29.2 Å². The molecule has 2 heterocycles. The van der Waals surface area contributed by atoms with Gasteiger partial charge in [-0.2, -0.15) is 0 Å². The summed E-state index contributed by atoms with van der Waals surface area (Å²) in [7, 11) is 0. The summed E-state index contributed by atoms with van der Waals surface area (Å²) in [4.78, 5) is 21.8. The molecule has 4 nitrogen and oxygen atoms in total. The van der Waals surface area contributed by atoms with Crippen LogP contribution in [-0.2, 0) is 4.79 Å². The summed E-state index contributed by atoms with van der Waals surface area (Å²) >= 11 is 6.28. The Balaban J connectivity index is 1.70. The van der Waals surface area contributed by atoms with Crippen molar-refractivity contribution in [2.75, 3.05) is 37.6 Å². The zero-order chi connectivity index (χ0) is 17.9. The summed E-state index contributed by atoms with van der Waals surface area (Å²) in [5.41, 5.74) is 3.67. The van der Waals surface area contributed by atoms with Gasteiger partial charge in [0.05, 0.1) is 11.4 Å². The molecule has 0 saturated carbocycles. The molecule has 0 unspecified atom stereocenters. The summed E-state index contributed by atoms with van der Waals surface area (Å²) in [6, 6.07) is 15.7. The second-order valence-corrected chi connectivity index (χ2v) is 7.22. The first-order valence-corrected chi connectivity index (χ1v) is 9.53. The van der Waals surface area contributed by atoms with Crippen LogP contribution in [0.5, 0.6) is 0 Å². The number of hydrogen-bond donors (Lipinski definition) is 0. The molecule has 2 aromatic carbocycles. The molecule has 0 radical (unpaired) electrons. The molecular weight excluding hydrogens is 346 g/mol. The molecule has 1 fully saturated rings. The number of nitrogens with zero attached hydrogens (tertiary/aromatic N) is 3. The third kappa shape index (κ3) is 3.53. The van der Waals surface area contributed by atoms with E-state index in [9.17, 15) is 4.79 Å². The molecule has 2 aliphatic rings. The Labute approximate surface area is 159 Å². The van der Waals surface area contributed by atoms with Gasteiger partial charge in [0.25, 0.3) is 0 Å². The smallest absolute Gasteiger partial charge is 0.248 e. The molecule has 0 aromatic heterocycles. The van der Waals surface area contributed by atoms with Crippen molar-refractivity contribution in [1.29, 1.82) is 0 Å². The fourth-order valence-corrected chi connectivity index (χ4v) is 3.89. The Morgan fingerprint density at radius 1 is 1.00 bits per heavy atom. The minimum atomic E-state index is 0.0405. The first-order chi connectivity index (χ1) is 12.7. The van der Waals surface area contributed by atoms with Crippen LogP contribution in [0.25, 0.3) is 0 Å². The van der Waals surface area contributed by atoms with Crippen LogP contribution in [0.4, 0.5) is 5.69 Å².